The van der Waals surface area contributed by atoms with Gasteiger partial charge in [-0.1, -0.05) is 36.4 Å². The average Bonchev–Trinajstić information content (AvgIpc) is 2.66. The molecule has 3 aromatic carbocycles. The summed E-state index contributed by atoms with van der Waals surface area (Å²) in [5.41, 5.74) is 13.4. The first-order valence-corrected chi connectivity index (χ1v) is 8.01. The average molecular weight is 342 g/mol. The van der Waals surface area contributed by atoms with E-state index in [2.05, 4.69) is 0 Å². The van der Waals surface area contributed by atoms with E-state index in [0.29, 0.717) is 11.3 Å². The standard InChI is InChI=1S/C21H14N2O3/c22-15-8-4-3-7-13(15)19(24)14-9-10-16(23)18-17(14)20(25)11-5-1-2-6-12(11)21(18)26/h1-10H,22-23H2. The third kappa shape index (κ3) is 2.14. The molecule has 0 amide bonds. The predicted octanol–water partition coefficient (Wildman–Crippen LogP) is 2.86. The molecule has 1 aliphatic carbocycles. The zero-order chi connectivity index (χ0) is 18.4. The van der Waals surface area contributed by atoms with E-state index < -0.39 is 5.78 Å². The van der Waals surface area contributed by atoms with Gasteiger partial charge in [-0.3, -0.25) is 14.4 Å². The number of carbonyl (C=O) groups is 3. The van der Waals surface area contributed by atoms with Gasteiger partial charge < -0.3 is 11.5 Å². The second-order valence-electron chi connectivity index (χ2n) is 6.07. The Morgan fingerprint density at radius 3 is 1.85 bits per heavy atom. The highest BCUT2D eigenvalue weighted by Gasteiger charge is 2.35. The second kappa shape index (κ2) is 5.67. The third-order valence-electron chi connectivity index (χ3n) is 4.56. The van der Waals surface area contributed by atoms with Crippen molar-refractivity contribution in [3.63, 3.8) is 0 Å². The molecule has 0 spiro atoms. The highest BCUT2D eigenvalue weighted by atomic mass is 16.1. The number of ketones is 3. The zero-order valence-corrected chi connectivity index (χ0v) is 13.7. The Bertz CT molecular complexity index is 1120. The van der Waals surface area contributed by atoms with Gasteiger partial charge in [0.2, 0.25) is 0 Å². The highest BCUT2D eigenvalue weighted by molar-refractivity contribution is 6.33. The Morgan fingerprint density at radius 2 is 1.19 bits per heavy atom. The van der Waals surface area contributed by atoms with E-state index >= 15 is 0 Å². The lowest BCUT2D eigenvalue weighted by Crippen LogP contribution is -2.25. The van der Waals surface area contributed by atoms with Gasteiger partial charge in [-0.2, -0.15) is 0 Å². The first-order valence-electron chi connectivity index (χ1n) is 8.01. The lowest BCUT2D eigenvalue weighted by atomic mass is 9.79. The van der Waals surface area contributed by atoms with Crippen molar-refractivity contribution in [2.24, 2.45) is 0 Å². The van der Waals surface area contributed by atoms with Crippen molar-refractivity contribution in [2.75, 3.05) is 11.5 Å². The van der Waals surface area contributed by atoms with E-state index in [1.165, 1.54) is 12.1 Å². The van der Waals surface area contributed by atoms with Gasteiger partial charge in [0.1, 0.15) is 0 Å². The summed E-state index contributed by atoms with van der Waals surface area (Å²) >= 11 is 0. The Hall–Kier alpha value is -3.73. The molecule has 4 N–H and O–H groups in total. The molecule has 0 heterocycles. The molecule has 126 valence electrons. The van der Waals surface area contributed by atoms with E-state index in [9.17, 15) is 14.4 Å². The number of nitrogen functional groups attached to an aromatic ring is 2. The van der Waals surface area contributed by atoms with Gasteiger partial charge in [-0.15, -0.1) is 0 Å². The molecule has 26 heavy (non-hydrogen) atoms. The minimum Gasteiger partial charge on any atom is -0.398 e. The molecule has 4 rings (SSSR count). The van der Waals surface area contributed by atoms with Crippen LogP contribution in [0.4, 0.5) is 11.4 Å². The smallest absolute Gasteiger partial charge is 0.196 e. The van der Waals surface area contributed by atoms with Crippen LogP contribution in [0.2, 0.25) is 0 Å². The maximum Gasteiger partial charge on any atom is 0.196 e. The monoisotopic (exact) mass is 342 g/mol. The highest BCUT2D eigenvalue weighted by Crippen LogP contribution is 2.34. The third-order valence-corrected chi connectivity index (χ3v) is 4.56. The maximum atomic E-state index is 13.1. The molecule has 0 saturated heterocycles. The molecule has 0 saturated carbocycles. The fraction of sp³-hybridized carbons (Fsp3) is 0. The van der Waals surface area contributed by atoms with Crippen LogP contribution in [0.25, 0.3) is 0 Å². The Kier molecular flexibility index (Phi) is 3.44. The number of anilines is 2. The number of rotatable bonds is 2. The number of benzene rings is 3. The van der Waals surface area contributed by atoms with Crippen LogP contribution in [0, 0.1) is 0 Å². The number of carbonyl (C=O) groups excluding carboxylic acids is 3. The molecular formula is C21H14N2O3. The molecule has 0 bridgehead atoms. The maximum absolute atomic E-state index is 13.1. The van der Waals surface area contributed by atoms with Crippen LogP contribution >= 0.6 is 0 Å². The number of hydrogen-bond donors (Lipinski definition) is 2. The molecule has 0 unspecified atom stereocenters. The van der Waals surface area contributed by atoms with E-state index in [4.69, 9.17) is 11.5 Å². The van der Waals surface area contributed by atoms with Crippen molar-refractivity contribution in [1.82, 2.24) is 0 Å². The summed E-state index contributed by atoms with van der Waals surface area (Å²) in [5.74, 6) is -1.16. The van der Waals surface area contributed by atoms with Crippen LogP contribution in [-0.4, -0.2) is 17.3 Å². The molecule has 0 radical (unpaired) electrons. The van der Waals surface area contributed by atoms with Crippen molar-refractivity contribution < 1.29 is 14.4 Å². The Labute approximate surface area is 149 Å². The largest absolute Gasteiger partial charge is 0.398 e. The Balaban J connectivity index is 1.99. The molecule has 0 aliphatic heterocycles. The van der Waals surface area contributed by atoms with Crippen molar-refractivity contribution in [3.8, 4) is 0 Å². The molecular weight excluding hydrogens is 328 g/mol. The summed E-state index contributed by atoms with van der Waals surface area (Å²) in [7, 11) is 0. The number of nitrogens with two attached hydrogens (primary N) is 2. The predicted molar refractivity (Wildman–Crippen MR) is 98.4 cm³/mol. The lowest BCUT2D eigenvalue weighted by Gasteiger charge is -2.21. The van der Waals surface area contributed by atoms with Gasteiger partial charge in [0.05, 0.1) is 5.56 Å². The fourth-order valence-corrected chi connectivity index (χ4v) is 3.29. The van der Waals surface area contributed by atoms with Crippen LogP contribution in [0.3, 0.4) is 0 Å². The Morgan fingerprint density at radius 1 is 0.615 bits per heavy atom. The summed E-state index contributed by atoms with van der Waals surface area (Å²) in [6, 6.07) is 16.1. The minimum atomic E-state index is -0.417. The van der Waals surface area contributed by atoms with Crippen LogP contribution in [-0.2, 0) is 0 Å². The van der Waals surface area contributed by atoms with Gasteiger partial charge in [0, 0.05) is 39.2 Å². The minimum absolute atomic E-state index is 0.0435. The SMILES string of the molecule is Nc1ccccc1C(=O)c1ccc(N)c2c1C(=O)c1ccccc1C2=O. The summed E-state index contributed by atoms with van der Waals surface area (Å²) in [4.78, 5) is 39.0. The van der Waals surface area contributed by atoms with E-state index in [1.807, 2.05) is 0 Å². The first-order chi connectivity index (χ1) is 12.5. The zero-order valence-electron chi connectivity index (χ0n) is 13.7. The van der Waals surface area contributed by atoms with Crippen LogP contribution in [0.15, 0.2) is 60.7 Å². The van der Waals surface area contributed by atoms with Crippen molar-refractivity contribution in [1.29, 1.82) is 0 Å². The van der Waals surface area contributed by atoms with Crippen molar-refractivity contribution in [3.05, 3.63) is 94.0 Å². The molecule has 0 fully saturated rings. The van der Waals surface area contributed by atoms with Crippen LogP contribution in [0.5, 0.6) is 0 Å². The normalized spacial score (nSPS) is 12.5. The summed E-state index contributed by atoms with van der Waals surface area (Å²) < 4.78 is 0. The molecule has 1 aliphatic rings. The van der Waals surface area contributed by atoms with E-state index in [1.54, 1.807) is 48.5 Å². The molecule has 0 aromatic heterocycles. The van der Waals surface area contributed by atoms with Gasteiger partial charge in [-0.25, -0.2) is 0 Å². The lowest BCUT2D eigenvalue weighted by molar-refractivity contribution is 0.0972. The molecule has 3 aromatic rings. The van der Waals surface area contributed by atoms with Gasteiger partial charge in [0.25, 0.3) is 0 Å². The van der Waals surface area contributed by atoms with Gasteiger partial charge in [-0.05, 0) is 24.3 Å². The number of para-hydroxylation sites is 1. The summed E-state index contributed by atoms with van der Waals surface area (Å²) in [5, 5.41) is 0. The van der Waals surface area contributed by atoms with Gasteiger partial charge in [0.15, 0.2) is 17.3 Å². The number of hydrogen-bond acceptors (Lipinski definition) is 5. The molecule has 5 nitrogen and oxygen atoms in total. The van der Waals surface area contributed by atoms with Crippen LogP contribution < -0.4 is 11.5 Å². The molecule has 5 heteroatoms. The van der Waals surface area contributed by atoms with Gasteiger partial charge >= 0.3 is 0 Å². The quantitative estimate of drug-likeness (QED) is 0.431. The van der Waals surface area contributed by atoms with E-state index in [-0.39, 0.29) is 45.1 Å². The second-order valence-corrected chi connectivity index (χ2v) is 6.07. The topological polar surface area (TPSA) is 103 Å². The van der Waals surface area contributed by atoms with Crippen LogP contribution in [0.1, 0.15) is 47.8 Å². The van der Waals surface area contributed by atoms with E-state index in [0.717, 1.165) is 0 Å². The summed E-state index contributed by atoms with van der Waals surface area (Å²) in [6.07, 6.45) is 0. The fourth-order valence-electron chi connectivity index (χ4n) is 3.29. The molecule has 0 atom stereocenters. The number of fused-ring (bicyclic) bond motifs is 2. The first kappa shape index (κ1) is 15.8. The summed E-state index contributed by atoms with van der Waals surface area (Å²) in [6.45, 7) is 0. The van der Waals surface area contributed by atoms with Crippen molar-refractivity contribution in [2.45, 2.75) is 0 Å². The van der Waals surface area contributed by atoms with Crippen molar-refractivity contribution >= 4 is 28.7 Å².